The van der Waals surface area contributed by atoms with Crippen molar-refractivity contribution in [3.8, 4) is 0 Å². The molecule has 0 radical (unpaired) electrons. The van der Waals surface area contributed by atoms with Gasteiger partial charge < -0.3 is 15.4 Å². The van der Waals surface area contributed by atoms with Crippen LogP contribution in [0.1, 0.15) is 53.4 Å². The molecular formula is C16H32N2O2. The molecule has 1 aliphatic rings. The van der Waals surface area contributed by atoms with E-state index in [0.717, 1.165) is 13.1 Å². The lowest BCUT2D eigenvalue weighted by Gasteiger charge is -2.26. The number of hydrogen-bond acceptors (Lipinski definition) is 3. The highest BCUT2D eigenvalue weighted by Crippen LogP contribution is 2.23. The third-order valence-electron chi connectivity index (χ3n) is 4.08. The molecule has 1 rings (SSSR count). The molecule has 0 saturated carbocycles. The van der Waals surface area contributed by atoms with Crippen LogP contribution < -0.4 is 10.6 Å². The van der Waals surface area contributed by atoms with Crippen LogP contribution in [0.15, 0.2) is 0 Å². The van der Waals surface area contributed by atoms with Gasteiger partial charge in [-0.3, -0.25) is 4.79 Å². The van der Waals surface area contributed by atoms with Gasteiger partial charge in [-0.05, 0) is 18.4 Å². The summed E-state index contributed by atoms with van der Waals surface area (Å²) in [6, 6.07) is 0.170. The standard InChI is InChI=1S/C16H32N2O2/c1-5-7-8-9-16(3,4)12-18-15(19)13-10-20-11-14(13)17-6-2/h13-14,17H,5-12H2,1-4H3,(H,18,19). The SMILES string of the molecule is CCCCCC(C)(C)CNC(=O)C1COCC1NCC. The minimum atomic E-state index is -0.0404. The first kappa shape index (κ1) is 17.4. The topological polar surface area (TPSA) is 50.4 Å². The average Bonchev–Trinajstić information content (AvgIpc) is 2.85. The Hall–Kier alpha value is -0.610. The summed E-state index contributed by atoms with van der Waals surface area (Å²) in [6.07, 6.45) is 4.92. The van der Waals surface area contributed by atoms with Gasteiger partial charge in [-0.2, -0.15) is 0 Å². The molecule has 0 aromatic rings. The van der Waals surface area contributed by atoms with Crippen molar-refractivity contribution in [1.82, 2.24) is 10.6 Å². The number of rotatable bonds is 9. The van der Waals surface area contributed by atoms with Crippen LogP contribution in [0.25, 0.3) is 0 Å². The molecule has 1 fully saturated rings. The second-order valence-corrected chi connectivity index (χ2v) is 6.65. The van der Waals surface area contributed by atoms with Crippen molar-refractivity contribution >= 4 is 5.91 Å². The third-order valence-corrected chi connectivity index (χ3v) is 4.08. The summed E-state index contributed by atoms with van der Waals surface area (Å²) in [5.74, 6) is 0.0957. The van der Waals surface area contributed by atoms with E-state index in [2.05, 4.69) is 38.3 Å². The number of likely N-dealkylation sites (N-methyl/N-ethyl adjacent to an activating group) is 1. The lowest BCUT2D eigenvalue weighted by molar-refractivity contribution is -0.125. The molecule has 1 heterocycles. The molecular weight excluding hydrogens is 252 g/mol. The maximum atomic E-state index is 12.3. The largest absolute Gasteiger partial charge is 0.379 e. The van der Waals surface area contributed by atoms with Gasteiger partial charge in [0.05, 0.1) is 19.1 Å². The normalized spacial score (nSPS) is 23.0. The molecule has 2 atom stereocenters. The average molecular weight is 284 g/mol. The number of hydrogen-bond donors (Lipinski definition) is 2. The van der Waals surface area contributed by atoms with E-state index in [4.69, 9.17) is 4.74 Å². The van der Waals surface area contributed by atoms with Gasteiger partial charge in [0.25, 0.3) is 0 Å². The third kappa shape index (κ3) is 5.80. The van der Waals surface area contributed by atoms with Crippen LogP contribution in [-0.4, -0.2) is 38.3 Å². The zero-order chi connectivity index (χ0) is 15.0. The summed E-state index contributed by atoms with van der Waals surface area (Å²) in [5, 5.41) is 6.45. The predicted octanol–water partition coefficient (Wildman–Crippen LogP) is 2.33. The molecule has 0 aromatic carbocycles. The Bertz CT molecular complexity index is 292. The molecule has 2 unspecified atom stereocenters. The Morgan fingerprint density at radius 3 is 2.65 bits per heavy atom. The van der Waals surface area contributed by atoms with E-state index >= 15 is 0 Å². The summed E-state index contributed by atoms with van der Waals surface area (Å²) in [6.45, 7) is 11.6. The minimum Gasteiger partial charge on any atom is -0.379 e. The Morgan fingerprint density at radius 1 is 1.25 bits per heavy atom. The van der Waals surface area contributed by atoms with Gasteiger partial charge in [-0.25, -0.2) is 0 Å². The molecule has 4 heteroatoms. The van der Waals surface area contributed by atoms with E-state index in [1.165, 1.54) is 25.7 Å². The minimum absolute atomic E-state index is 0.0404. The van der Waals surface area contributed by atoms with Crippen molar-refractivity contribution in [2.45, 2.75) is 59.4 Å². The number of ether oxygens (including phenoxy) is 1. The second kappa shape index (κ2) is 8.63. The van der Waals surface area contributed by atoms with Gasteiger partial charge in [0.2, 0.25) is 5.91 Å². The Labute approximate surface area is 124 Å². The Kier molecular flexibility index (Phi) is 7.52. The summed E-state index contributed by atoms with van der Waals surface area (Å²) in [4.78, 5) is 12.3. The number of unbranched alkanes of at least 4 members (excludes halogenated alkanes) is 2. The first-order valence-corrected chi connectivity index (χ1v) is 8.09. The van der Waals surface area contributed by atoms with Crippen LogP contribution in [0.4, 0.5) is 0 Å². The number of carbonyl (C=O) groups is 1. The van der Waals surface area contributed by atoms with Crippen LogP contribution in [0, 0.1) is 11.3 Å². The summed E-state index contributed by atoms with van der Waals surface area (Å²) in [7, 11) is 0. The van der Waals surface area contributed by atoms with Crippen LogP contribution >= 0.6 is 0 Å². The predicted molar refractivity (Wildman–Crippen MR) is 82.7 cm³/mol. The quantitative estimate of drug-likeness (QED) is 0.639. The van der Waals surface area contributed by atoms with E-state index in [9.17, 15) is 4.79 Å². The molecule has 20 heavy (non-hydrogen) atoms. The van der Waals surface area contributed by atoms with Crippen LogP contribution in [0.3, 0.4) is 0 Å². The maximum absolute atomic E-state index is 12.3. The van der Waals surface area contributed by atoms with E-state index < -0.39 is 0 Å². The summed E-state index contributed by atoms with van der Waals surface area (Å²) < 4.78 is 5.43. The highest BCUT2D eigenvalue weighted by atomic mass is 16.5. The highest BCUT2D eigenvalue weighted by Gasteiger charge is 2.33. The molecule has 1 aliphatic heterocycles. The van der Waals surface area contributed by atoms with Crippen LogP contribution in [-0.2, 0) is 9.53 Å². The maximum Gasteiger partial charge on any atom is 0.227 e. The Morgan fingerprint density at radius 2 is 2.00 bits per heavy atom. The first-order chi connectivity index (χ1) is 9.50. The van der Waals surface area contributed by atoms with Crippen molar-refractivity contribution in [3.63, 3.8) is 0 Å². The zero-order valence-electron chi connectivity index (χ0n) is 13.6. The molecule has 0 spiro atoms. The molecule has 1 saturated heterocycles. The fourth-order valence-corrected chi connectivity index (χ4v) is 2.68. The van der Waals surface area contributed by atoms with Crippen LogP contribution in [0.5, 0.6) is 0 Å². The molecule has 0 aromatic heterocycles. The van der Waals surface area contributed by atoms with Crippen molar-refractivity contribution in [2.75, 3.05) is 26.3 Å². The molecule has 0 aliphatic carbocycles. The van der Waals surface area contributed by atoms with Gasteiger partial charge in [0.1, 0.15) is 0 Å². The van der Waals surface area contributed by atoms with Gasteiger partial charge >= 0.3 is 0 Å². The fraction of sp³-hybridized carbons (Fsp3) is 0.938. The van der Waals surface area contributed by atoms with Crippen molar-refractivity contribution in [2.24, 2.45) is 11.3 Å². The molecule has 0 bridgehead atoms. The molecule has 4 nitrogen and oxygen atoms in total. The van der Waals surface area contributed by atoms with Gasteiger partial charge in [0.15, 0.2) is 0 Å². The van der Waals surface area contributed by atoms with Crippen molar-refractivity contribution < 1.29 is 9.53 Å². The lowest BCUT2D eigenvalue weighted by atomic mass is 9.86. The summed E-state index contributed by atoms with van der Waals surface area (Å²) in [5.41, 5.74) is 0.179. The number of amides is 1. The molecule has 2 N–H and O–H groups in total. The van der Waals surface area contributed by atoms with Gasteiger partial charge in [-0.1, -0.05) is 47.0 Å². The zero-order valence-corrected chi connectivity index (χ0v) is 13.6. The van der Waals surface area contributed by atoms with Gasteiger partial charge in [-0.15, -0.1) is 0 Å². The lowest BCUT2D eigenvalue weighted by Crippen LogP contribution is -2.45. The van der Waals surface area contributed by atoms with Crippen molar-refractivity contribution in [1.29, 1.82) is 0 Å². The number of carbonyl (C=O) groups excluding carboxylic acids is 1. The summed E-state index contributed by atoms with van der Waals surface area (Å²) >= 11 is 0. The molecule has 118 valence electrons. The van der Waals surface area contributed by atoms with Crippen molar-refractivity contribution in [3.05, 3.63) is 0 Å². The first-order valence-electron chi connectivity index (χ1n) is 8.09. The monoisotopic (exact) mass is 284 g/mol. The molecule has 1 amide bonds. The highest BCUT2D eigenvalue weighted by molar-refractivity contribution is 5.79. The van der Waals surface area contributed by atoms with E-state index in [1.54, 1.807) is 0 Å². The Balaban J connectivity index is 2.34. The second-order valence-electron chi connectivity index (χ2n) is 6.65. The van der Waals surface area contributed by atoms with E-state index in [0.29, 0.717) is 13.2 Å². The fourth-order valence-electron chi connectivity index (χ4n) is 2.68. The smallest absolute Gasteiger partial charge is 0.227 e. The van der Waals surface area contributed by atoms with E-state index in [1.807, 2.05) is 0 Å². The van der Waals surface area contributed by atoms with E-state index in [-0.39, 0.29) is 23.3 Å². The van der Waals surface area contributed by atoms with Gasteiger partial charge in [0, 0.05) is 12.6 Å². The number of nitrogens with one attached hydrogen (secondary N) is 2. The van der Waals surface area contributed by atoms with Crippen LogP contribution in [0.2, 0.25) is 0 Å².